The van der Waals surface area contributed by atoms with Crippen LogP contribution in [0, 0.1) is 0 Å². The van der Waals surface area contributed by atoms with E-state index in [0.717, 1.165) is 0 Å². The number of carbonyl (C=O) groups excluding carboxylic acids is 1. The van der Waals surface area contributed by atoms with Gasteiger partial charge < -0.3 is 25.5 Å². The maximum Gasteiger partial charge on any atom is 0.305 e. The maximum absolute atomic E-state index is 12.5. The van der Waals surface area contributed by atoms with E-state index in [0.29, 0.717) is 0 Å². The largest absolute Gasteiger partial charge is 0.394 e. The fourth-order valence-corrected chi connectivity index (χ4v) is 0.937. The van der Waals surface area contributed by atoms with E-state index in [1.54, 1.807) is 0 Å². The number of hydrogen-bond acceptors (Lipinski definition) is 6. The van der Waals surface area contributed by atoms with Crippen LogP contribution in [0.2, 0.25) is 0 Å². The van der Waals surface area contributed by atoms with Gasteiger partial charge in [0.15, 0.2) is 0 Å². The van der Waals surface area contributed by atoms with Gasteiger partial charge in [-0.1, -0.05) is 0 Å². The third kappa shape index (κ3) is 3.72. The molecule has 0 heterocycles. The van der Waals surface area contributed by atoms with Gasteiger partial charge in [-0.15, -0.1) is 0 Å². The molecule has 0 rings (SSSR count). The van der Waals surface area contributed by atoms with Gasteiger partial charge in [-0.3, -0.25) is 4.79 Å². The summed E-state index contributed by atoms with van der Waals surface area (Å²) in [7, 11) is 0. The zero-order valence-electron chi connectivity index (χ0n) is 8.42. The average Bonchev–Trinajstić information content (AvgIpc) is 2.22. The third-order valence-electron chi connectivity index (χ3n) is 1.96. The lowest BCUT2D eigenvalue weighted by Gasteiger charge is -2.26. The van der Waals surface area contributed by atoms with Crippen molar-refractivity contribution >= 4 is 5.78 Å². The first-order valence-corrected chi connectivity index (χ1v) is 4.38. The third-order valence-corrected chi connectivity index (χ3v) is 1.96. The van der Waals surface area contributed by atoms with Crippen LogP contribution < -0.4 is 0 Å². The summed E-state index contributed by atoms with van der Waals surface area (Å²) < 4.78 is 24.9. The lowest BCUT2D eigenvalue weighted by molar-refractivity contribution is -0.166. The van der Waals surface area contributed by atoms with Crippen LogP contribution in [-0.2, 0) is 4.79 Å². The minimum absolute atomic E-state index is 0.222. The van der Waals surface area contributed by atoms with Crippen molar-refractivity contribution in [2.75, 3.05) is 6.61 Å². The minimum Gasteiger partial charge on any atom is -0.394 e. The van der Waals surface area contributed by atoms with Crippen LogP contribution in [0.1, 0.15) is 6.92 Å². The Morgan fingerprint density at radius 3 is 1.94 bits per heavy atom. The number of aliphatic hydroxyl groups excluding tert-OH is 5. The molecular formula is C8H14F2O6. The highest BCUT2D eigenvalue weighted by Gasteiger charge is 2.43. The molecule has 0 aliphatic carbocycles. The van der Waals surface area contributed by atoms with Gasteiger partial charge in [0, 0.05) is 6.92 Å². The summed E-state index contributed by atoms with van der Waals surface area (Å²) in [5, 5.41) is 44.4. The molecule has 0 aliphatic rings. The van der Waals surface area contributed by atoms with E-state index in [1.165, 1.54) is 0 Å². The quantitative estimate of drug-likeness (QED) is 0.357. The first kappa shape index (κ1) is 15.3. The average molecular weight is 244 g/mol. The zero-order chi connectivity index (χ0) is 13.1. The molecule has 0 bridgehead atoms. The van der Waals surface area contributed by atoms with Gasteiger partial charge in [-0.25, -0.2) is 0 Å². The van der Waals surface area contributed by atoms with Crippen LogP contribution in [0.4, 0.5) is 8.78 Å². The monoisotopic (exact) mass is 244 g/mol. The normalized spacial score (nSPS) is 20.0. The Hall–Kier alpha value is -0.670. The number of aliphatic hydroxyl groups is 5. The molecule has 0 aliphatic heterocycles. The summed E-state index contributed by atoms with van der Waals surface area (Å²) >= 11 is 0. The highest BCUT2D eigenvalue weighted by molar-refractivity contribution is 5.89. The first-order chi connectivity index (χ1) is 7.12. The fraction of sp³-hybridized carbons (Fsp3) is 0.875. The Morgan fingerprint density at radius 1 is 1.19 bits per heavy atom. The van der Waals surface area contributed by atoms with Crippen molar-refractivity contribution < 1.29 is 39.1 Å². The number of alkyl halides is 2. The van der Waals surface area contributed by atoms with E-state index in [4.69, 9.17) is 25.5 Å². The highest BCUT2D eigenvalue weighted by atomic mass is 19.3. The summed E-state index contributed by atoms with van der Waals surface area (Å²) in [5.74, 6) is -5.85. The van der Waals surface area contributed by atoms with Gasteiger partial charge in [-0.05, 0) is 0 Å². The Morgan fingerprint density at radius 2 is 1.62 bits per heavy atom. The van der Waals surface area contributed by atoms with Crippen LogP contribution in [-0.4, -0.2) is 68.3 Å². The van der Waals surface area contributed by atoms with Gasteiger partial charge in [0.25, 0.3) is 0 Å². The lowest BCUT2D eigenvalue weighted by Crippen LogP contribution is -2.51. The van der Waals surface area contributed by atoms with E-state index in [2.05, 4.69) is 0 Å². The van der Waals surface area contributed by atoms with Crippen LogP contribution in [0.3, 0.4) is 0 Å². The Balaban J connectivity index is 4.61. The summed E-state index contributed by atoms with van der Waals surface area (Å²) in [6.07, 6.45) is -8.80. The van der Waals surface area contributed by atoms with Crippen molar-refractivity contribution in [1.29, 1.82) is 0 Å². The molecule has 16 heavy (non-hydrogen) atoms. The van der Waals surface area contributed by atoms with Gasteiger partial charge >= 0.3 is 5.92 Å². The Kier molecular flexibility index (Phi) is 5.36. The number of Topliss-reactive ketones (excluding diaryl/α,β-unsaturated/α-hetero) is 1. The molecule has 0 aromatic carbocycles. The smallest absolute Gasteiger partial charge is 0.305 e. The molecule has 0 saturated carbocycles. The summed E-state index contributed by atoms with van der Waals surface area (Å²) in [6, 6.07) is 0. The van der Waals surface area contributed by atoms with E-state index in [1.807, 2.05) is 0 Å². The number of rotatable bonds is 6. The van der Waals surface area contributed by atoms with Crippen molar-refractivity contribution in [3.05, 3.63) is 0 Å². The van der Waals surface area contributed by atoms with Crippen molar-refractivity contribution in [2.24, 2.45) is 0 Å². The first-order valence-electron chi connectivity index (χ1n) is 4.38. The molecule has 4 atom stereocenters. The molecule has 0 aromatic rings. The van der Waals surface area contributed by atoms with Crippen LogP contribution in [0.25, 0.3) is 0 Å². The van der Waals surface area contributed by atoms with Gasteiger partial charge in [0.2, 0.25) is 5.78 Å². The fourth-order valence-electron chi connectivity index (χ4n) is 0.937. The molecule has 0 radical (unpaired) electrons. The number of hydrogen-bond donors (Lipinski definition) is 5. The molecule has 8 heteroatoms. The van der Waals surface area contributed by atoms with Gasteiger partial charge in [0.05, 0.1) is 6.61 Å². The van der Waals surface area contributed by atoms with E-state index >= 15 is 0 Å². The number of ketones is 1. The minimum atomic E-state index is -3.87. The van der Waals surface area contributed by atoms with Crippen molar-refractivity contribution in [3.63, 3.8) is 0 Å². The molecular weight excluding hydrogens is 230 g/mol. The molecule has 0 aromatic heterocycles. The zero-order valence-corrected chi connectivity index (χ0v) is 8.42. The Bertz CT molecular complexity index is 241. The predicted octanol–water partition coefficient (Wildman–Crippen LogP) is -2.35. The standard InChI is InChI=1S/C8H14F2O6/c1-8(9,10)7(16)6(15)5(14)4(13)3(12)2-11/h3-6,11-15H,2H2,1H3/t3-,4+,5+,6-/m1/s1. The maximum atomic E-state index is 12.5. The molecule has 0 saturated heterocycles. The lowest BCUT2D eigenvalue weighted by atomic mass is 9.98. The summed E-state index contributed by atoms with van der Waals surface area (Å²) in [5.41, 5.74) is 0. The van der Waals surface area contributed by atoms with Gasteiger partial charge in [0.1, 0.15) is 24.4 Å². The van der Waals surface area contributed by atoms with Crippen LogP contribution in [0.5, 0.6) is 0 Å². The number of halogens is 2. The van der Waals surface area contributed by atoms with Crippen molar-refractivity contribution in [2.45, 2.75) is 37.3 Å². The molecule has 5 N–H and O–H groups in total. The highest BCUT2D eigenvalue weighted by Crippen LogP contribution is 2.18. The van der Waals surface area contributed by atoms with Crippen LogP contribution in [0.15, 0.2) is 0 Å². The Labute approximate surface area is 89.8 Å². The number of carbonyl (C=O) groups is 1. The second kappa shape index (κ2) is 5.60. The summed E-state index contributed by atoms with van der Waals surface area (Å²) in [6.45, 7) is -0.734. The van der Waals surface area contributed by atoms with E-state index < -0.39 is 42.7 Å². The second-order valence-electron chi connectivity index (χ2n) is 3.43. The van der Waals surface area contributed by atoms with Gasteiger partial charge in [-0.2, -0.15) is 8.78 Å². The SMILES string of the molecule is CC(F)(F)C(=O)[C@H](O)[C@@H](O)[C@@H](O)[C@H](O)CO. The summed E-state index contributed by atoms with van der Waals surface area (Å²) in [4.78, 5) is 10.8. The second-order valence-corrected chi connectivity index (χ2v) is 3.43. The molecule has 0 fully saturated rings. The van der Waals surface area contributed by atoms with Crippen molar-refractivity contribution in [3.8, 4) is 0 Å². The van der Waals surface area contributed by atoms with E-state index in [9.17, 15) is 13.6 Å². The van der Waals surface area contributed by atoms with Crippen LogP contribution >= 0.6 is 0 Å². The molecule has 0 amide bonds. The van der Waals surface area contributed by atoms with Crippen molar-refractivity contribution in [1.82, 2.24) is 0 Å². The van der Waals surface area contributed by atoms with E-state index in [-0.39, 0.29) is 6.92 Å². The topological polar surface area (TPSA) is 118 Å². The predicted molar refractivity (Wildman–Crippen MR) is 46.7 cm³/mol. The molecule has 96 valence electrons. The molecule has 6 nitrogen and oxygen atoms in total. The molecule has 0 unspecified atom stereocenters. The molecule has 0 spiro atoms.